The smallest absolute Gasteiger partial charge is 0.255 e. The number of likely N-dealkylation sites (N-methyl/N-ethyl adjacent to an activating group) is 2. The Kier molecular flexibility index (Phi) is 6.70. The number of rotatable bonds is 6. The van der Waals surface area contributed by atoms with E-state index >= 15 is 0 Å². The molecule has 0 aliphatic carbocycles. The number of nitrogens with zero attached hydrogens (tertiary/aromatic N) is 3. The molecule has 0 spiro atoms. The highest BCUT2D eigenvalue weighted by molar-refractivity contribution is 6.31. The zero-order chi connectivity index (χ0) is 22.0. The van der Waals surface area contributed by atoms with E-state index in [4.69, 9.17) is 16.3 Å². The fourth-order valence-corrected chi connectivity index (χ4v) is 4.70. The maximum atomic E-state index is 13.0. The average molecular weight is 443 g/mol. The minimum absolute atomic E-state index is 0.124. The van der Waals surface area contributed by atoms with Gasteiger partial charge in [0, 0.05) is 57.0 Å². The first kappa shape index (κ1) is 21.9. The Labute approximate surface area is 189 Å². The van der Waals surface area contributed by atoms with Crippen molar-refractivity contribution in [3.8, 4) is 5.75 Å². The minimum Gasteiger partial charge on any atom is -0.496 e. The second kappa shape index (κ2) is 9.47. The van der Waals surface area contributed by atoms with Gasteiger partial charge in [-0.3, -0.25) is 9.69 Å². The lowest BCUT2D eigenvalue weighted by Crippen LogP contribution is -2.48. The molecule has 2 aromatic carbocycles. The summed E-state index contributed by atoms with van der Waals surface area (Å²) < 4.78 is 5.36. The van der Waals surface area contributed by atoms with Crippen LogP contribution in [0.1, 0.15) is 27.5 Å². The molecular formula is C24H31ClN4O2. The van der Waals surface area contributed by atoms with E-state index < -0.39 is 0 Å². The summed E-state index contributed by atoms with van der Waals surface area (Å²) in [4.78, 5) is 20.1. The Morgan fingerprint density at radius 2 is 1.87 bits per heavy atom. The molecule has 0 saturated carbocycles. The van der Waals surface area contributed by atoms with Crippen LogP contribution in [0.2, 0.25) is 5.02 Å². The van der Waals surface area contributed by atoms with Crippen molar-refractivity contribution >= 4 is 23.2 Å². The molecular weight excluding hydrogens is 412 g/mol. The van der Waals surface area contributed by atoms with Crippen LogP contribution < -0.4 is 15.0 Å². The Bertz CT molecular complexity index is 943. The monoisotopic (exact) mass is 442 g/mol. The normalized spacial score (nSPS) is 18.0. The van der Waals surface area contributed by atoms with Gasteiger partial charge in [0.2, 0.25) is 0 Å². The number of carbonyl (C=O) groups is 1. The Morgan fingerprint density at radius 3 is 2.61 bits per heavy atom. The fraction of sp³-hybridized carbons (Fsp3) is 0.458. The Morgan fingerprint density at radius 1 is 1.10 bits per heavy atom. The number of ether oxygens (including phenoxy) is 1. The van der Waals surface area contributed by atoms with E-state index in [0.29, 0.717) is 22.9 Å². The van der Waals surface area contributed by atoms with Crippen LogP contribution in [0, 0.1) is 0 Å². The van der Waals surface area contributed by atoms with E-state index in [2.05, 4.69) is 52.3 Å². The largest absolute Gasteiger partial charge is 0.496 e. The molecule has 31 heavy (non-hydrogen) atoms. The van der Waals surface area contributed by atoms with Gasteiger partial charge in [-0.2, -0.15) is 0 Å². The molecule has 0 unspecified atom stereocenters. The van der Waals surface area contributed by atoms with Crippen molar-refractivity contribution in [1.82, 2.24) is 15.1 Å². The molecule has 1 fully saturated rings. The zero-order valence-corrected chi connectivity index (χ0v) is 19.3. The Hall–Kier alpha value is -2.28. The third-order valence-corrected chi connectivity index (χ3v) is 6.69. The maximum absolute atomic E-state index is 13.0. The van der Waals surface area contributed by atoms with Crippen LogP contribution >= 0.6 is 11.6 Å². The molecule has 6 nitrogen and oxygen atoms in total. The summed E-state index contributed by atoms with van der Waals surface area (Å²) in [6.45, 7) is 5.61. The van der Waals surface area contributed by atoms with Crippen molar-refractivity contribution < 1.29 is 9.53 Å². The summed E-state index contributed by atoms with van der Waals surface area (Å²) in [5.41, 5.74) is 4.43. The molecule has 2 aromatic rings. The molecule has 2 aliphatic rings. The van der Waals surface area contributed by atoms with Gasteiger partial charge >= 0.3 is 0 Å². The number of halogens is 1. The van der Waals surface area contributed by atoms with E-state index in [0.717, 1.165) is 39.1 Å². The first-order valence-corrected chi connectivity index (χ1v) is 11.2. The molecule has 0 radical (unpaired) electrons. The highest BCUT2D eigenvalue weighted by Crippen LogP contribution is 2.31. The molecule has 1 N–H and O–H groups in total. The van der Waals surface area contributed by atoms with Crippen molar-refractivity contribution in [1.29, 1.82) is 0 Å². The van der Waals surface area contributed by atoms with Gasteiger partial charge in [-0.15, -0.1) is 0 Å². The van der Waals surface area contributed by atoms with Crippen LogP contribution in [0.4, 0.5) is 5.69 Å². The van der Waals surface area contributed by atoms with Crippen LogP contribution in [-0.4, -0.2) is 76.2 Å². The number of hydrogen-bond acceptors (Lipinski definition) is 5. The predicted molar refractivity (Wildman–Crippen MR) is 126 cm³/mol. The third-order valence-electron chi connectivity index (χ3n) is 6.46. The van der Waals surface area contributed by atoms with Gasteiger partial charge in [0.25, 0.3) is 5.91 Å². The average Bonchev–Trinajstić information content (AvgIpc) is 3.15. The second-order valence-corrected chi connectivity index (χ2v) is 8.91. The van der Waals surface area contributed by atoms with Gasteiger partial charge in [0.05, 0.1) is 18.7 Å². The van der Waals surface area contributed by atoms with Crippen LogP contribution in [0.5, 0.6) is 5.75 Å². The number of anilines is 1. The SMILES string of the molecule is COc1ccc(Cl)cc1C(=O)NC[C@H](c1ccc2c(c1)CCN2C)N1CCN(C)CC1. The summed E-state index contributed by atoms with van der Waals surface area (Å²) in [5, 5.41) is 3.66. The predicted octanol–water partition coefficient (Wildman–Crippen LogP) is 3.06. The number of fused-ring (bicyclic) bond motifs is 1. The van der Waals surface area contributed by atoms with Gasteiger partial charge in [0.1, 0.15) is 5.75 Å². The lowest BCUT2D eigenvalue weighted by molar-refractivity contribution is 0.0883. The van der Waals surface area contributed by atoms with Gasteiger partial charge in [-0.1, -0.05) is 23.7 Å². The number of piperazine rings is 1. The van der Waals surface area contributed by atoms with Crippen molar-refractivity contribution in [2.75, 3.05) is 65.4 Å². The molecule has 0 aromatic heterocycles. The maximum Gasteiger partial charge on any atom is 0.255 e. The summed E-state index contributed by atoms with van der Waals surface area (Å²) in [6, 6.07) is 12.0. The molecule has 1 atom stereocenters. The lowest BCUT2D eigenvalue weighted by Gasteiger charge is -2.38. The highest BCUT2D eigenvalue weighted by Gasteiger charge is 2.27. The van der Waals surface area contributed by atoms with E-state index in [9.17, 15) is 4.79 Å². The van der Waals surface area contributed by atoms with Crippen molar-refractivity contribution in [3.63, 3.8) is 0 Å². The molecule has 1 saturated heterocycles. The first-order chi connectivity index (χ1) is 15.0. The quantitative estimate of drug-likeness (QED) is 0.745. The fourth-order valence-electron chi connectivity index (χ4n) is 4.53. The standard InChI is InChI=1S/C24H31ClN4O2/c1-27-10-12-29(13-11-27)22(17-4-6-21-18(14-17)8-9-28(21)2)16-26-24(30)20-15-19(25)5-7-23(20)31-3/h4-7,14-15,22H,8-13,16H2,1-3H3,(H,26,30)/t22-/m1/s1. The van der Waals surface area contributed by atoms with Crippen LogP contribution in [-0.2, 0) is 6.42 Å². The van der Waals surface area contributed by atoms with Gasteiger partial charge < -0.3 is 19.9 Å². The minimum atomic E-state index is -0.167. The second-order valence-electron chi connectivity index (χ2n) is 8.47. The summed E-state index contributed by atoms with van der Waals surface area (Å²) in [6.07, 6.45) is 1.07. The van der Waals surface area contributed by atoms with Crippen LogP contribution in [0.3, 0.4) is 0 Å². The van der Waals surface area contributed by atoms with E-state index in [1.807, 2.05) is 0 Å². The van der Waals surface area contributed by atoms with Crippen molar-refractivity contribution in [2.45, 2.75) is 12.5 Å². The van der Waals surface area contributed by atoms with E-state index in [1.54, 1.807) is 25.3 Å². The molecule has 166 valence electrons. The highest BCUT2D eigenvalue weighted by atomic mass is 35.5. The van der Waals surface area contributed by atoms with Crippen LogP contribution in [0.15, 0.2) is 36.4 Å². The number of hydrogen-bond donors (Lipinski definition) is 1. The molecule has 4 rings (SSSR count). The molecule has 2 aliphatic heterocycles. The lowest BCUT2D eigenvalue weighted by atomic mass is 10.00. The molecule has 2 heterocycles. The van der Waals surface area contributed by atoms with E-state index in [-0.39, 0.29) is 11.9 Å². The topological polar surface area (TPSA) is 48.1 Å². The number of methoxy groups -OCH3 is 1. The van der Waals surface area contributed by atoms with E-state index in [1.165, 1.54) is 16.8 Å². The third kappa shape index (κ3) is 4.81. The summed E-state index contributed by atoms with van der Waals surface area (Å²) >= 11 is 6.13. The van der Waals surface area contributed by atoms with Crippen molar-refractivity contribution in [2.24, 2.45) is 0 Å². The van der Waals surface area contributed by atoms with Gasteiger partial charge in [-0.25, -0.2) is 0 Å². The van der Waals surface area contributed by atoms with Crippen molar-refractivity contribution in [3.05, 3.63) is 58.1 Å². The number of benzene rings is 2. The Balaban J connectivity index is 1.55. The summed E-state index contributed by atoms with van der Waals surface area (Å²) in [5.74, 6) is 0.359. The summed E-state index contributed by atoms with van der Waals surface area (Å²) in [7, 11) is 5.86. The molecule has 7 heteroatoms. The zero-order valence-electron chi connectivity index (χ0n) is 18.5. The first-order valence-electron chi connectivity index (χ1n) is 10.8. The van der Waals surface area contributed by atoms with Gasteiger partial charge in [-0.05, 0) is 48.9 Å². The molecule has 0 bridgehead atoms. The number of nitrogens with one attached hydrogen (secondary N) is 1. The number of amides is 1. The van der Waals surface area contributed by atoms with Crippen LogP contribution in [0.25, 0.3) is 0 Å². The molecule has 1 amide bonds. The van der Waals surface area contributed by atoms with Gasteiger partial charge in [0.15, 0.2) is 0 Å². The number of carbonyl (C=O) groups excluding carboxylic acids is 1.